The third-order valence-corrected chi connectivity index (χ3v) is 16.2. The Morgan fingerprint density at radius 3 is 1.04 bits per heavy atom. The van der Waals surface area contributed by atoms with E-state index in [2.05, 4.69) is 161 Å². The first kappa shape index (κ1) is 33.9. The van der Waals surface area contributed by atoms with Crippen LogP contribution >= 0.6 is 15.8 Å². The zero-order chi connectivity index (χ0) is 34.9. The Balaban J connectivity index is 1.27. The van der Waals surface area contributed by atoms with E-state index in [1.54, 1.807) is 0 Å². The van der Waals surface area contributed by atoms with Gasteiger partial charge in [-0.15, -0.1) is 0 Å². The summed E-state index contributed by atoms with van der Waals surface area (Å²) in [5, 5.41) is 8.20. The lowest BCUT2D eigenvalue weighted by Gasteiger charge is -2.31. The first-order valence-electron chi connectivity index (χ1n) is 18.4. The number of hydrogen-bond donors (Lipinski definition) is 0. The van der Waals surface area contributed by atoms with Crippen LogP contribution in [0, 0.1) is 27.7 Å². The molecule has 6 aromatic carbocycles. The lowest BCUT2D eigenvalue weighted by molar-refractivity contribution is 0.189. The van der Waals surface area contributed by atoms with Crippen LogP contribution < -0.4 is 41.3 Å². The molecule has 0 N–H and O–H groups in total. The Hall–Kier alpha value is -4.22. The average Bonchev–Trinajstić information content (AvgIpc) is 3.28. The summed E-state index contributed by atoms with van der Waals surface area (Å²) in [6, 6.07) is 49.5. The summed E-state index contributed by atoms with van der Waals surface area (Å²) in [5.41, 5.74) is 7.83. The predicted octanol–water partition coefficient (Wildman–Crippen LogP) is 8.91. The van der Waals surface area contributed by atoms with Crippen LogP contribution in [0.3, 0.4) is 0 Å². The van der Waals surface area contributed by atoms with Gasteiger partial charge in [0.05, 0.1) is 0 Å². The standard InChI is InChI=1S/C47H46O2P2/c1-32-16-5-9-24-40(32)50(41-25-10-6-17-33(41)2)44-28-13-20-36-30-39-23-15-22-38(48-46(36)44)31-37-21-14-29-45(47(37)49-39)51(42-26-11-7-18-34(42)3)43-27-12-8-19-35(43)4/h5-14,16-21,24-29,38-39H,15,22-23,30-31H2,1-4H3. The van der Waals surface area contributed by atoms with Crippen molar-refractivity contribution in [2.45, 2.75) is 72.0 Å². The molecule has 0 spiro atoms. The van der Waals surface area contributed by atoms with E-state index in [-0.39, 0.29) is 12.2 Å². The molecule has 2 aliphatic heterocycles. The summed E-state index contributed by atoms with van der Waals surface area (Å²) in [7, 11) is -1.69. The first-order valence-corrected chi connectivity index (χ1v) is 21.0. The highest BCUT2D eigenvalue weighted by atomic mass is 31.1. The molecule has 2 bridgehead atoms. The van der Waals surface area contributed by atoms with Crippen molar-refractivity contribution in [3.05, 3.63) is 167 Å². The maximum atomic E-state index is 7.41. The first-order chi connectivity index (χ1) is 25.0. The number of hydrogen-bond acceptors (Lipinski definition) is 2. The fraction of sp³-hybridized carbons (Fsp3) is 0.234. The van der Waals surface area contributed by atoms with Crippen LogP contribution in [-0.2, 0) is 12.8 Å². The number of para-hydroxylation sites is 2. The lowest BCUT2D eigenvalue weighted by Crippen LogP contribution is -2.31. The molecule has 0 saturated heterocycles. The normalized spacial score (nSPS) is 16.9. The molecule has 256 valence electrons. The van der Waals surface area contributed by atoms with Gasteiger partial charge in [-0.05, 0) is 117 Å². The van der Waals surface area contributed by atoms with Gasteiger partial charge in [0, 0.05) is 23.5 Å². The minimum Gasteiger partial charge on any atom is -0.489 e. The van der Waals surface area contributed by atoms with Gasteiger partial charge < -0.3 is 9.47 Å². The molecule has 2 atom stereocenters. The second-order valence-electron chi connectivity index (χ2n) is 14.2. The fourth-order valence-corrected chi connectivity index (χ4v) is 13.4. The molecule has 0 amide bonds. The zero-order valence-electron chi connectivity index (χ0n) is 30.1. The van der Waals surface area contributed by atoms with E-state index in [1.165, 1.54) is 65.2 Å². The van der Waals surface area contributed by atoms with Crippen molar-refractivity contribution in [3.8, 4) is 11.5 Å². The van der Waals surface area contributed by atoms with Gasteiger partial charge in [-0.25, -0.2) is 0 Å². The van der Waals surface area contributed by atoms with Crippen LogP contribution in [0.15, 0.2) is 133 Å². The minimum absolute atomic E-state index is 0.0492. The number of ether oxygens (including phenoxy) is 2. The van der Waals surface area contributed by atoms with E-state index in [1.807, 2.05) is 0 Å². The van der Waals surface area contributed by atoms with Gasteiger partial charge in [-0.3, -0.25) is 0 Å². The van der Waals surface area contributed by atoms with Crippen LogP contribution in [0.25, 0.3) is 0 Å². The molecule has 0 saturated carbocycles. The molecule has 2 nitrogen and oxygen atoms in total. The monoisotopic (exact) mass is 704 g/mol. The maximum Gasteiger partial charge on any atom is 0.131 e. The van der Waals surface area contributed by atoms with Gasteiger partial charge in [0.15, 0.2) is 0 Å². The van der Waals surface area contributed by atoms with Crippen molar-refractivity contribution < 1.29 is 9.47 Å². The van der Waals surface area contributed by atoms with E-state index < -0.39 is 15.8 Å². The third kappa shape index (κ3) is 6.78. The summed E-state index contributed by atoms with van der Waals surface area (Å²) in [4.78, 5) is 0. The number of benzene rings is 6. The van der Waals surface area contributed by atoms with Gasteiger partial charge in [0.25, 0.3) is 0 Å². The van der Waals surface area contributed by atoms with E-state index >= 15 is 0 Å². The van der Waals surface area contributed by atoms with Gasteiger partial charge in [0.1, 0.15) is 23.7 Å². The Labute approximate surface area is 306 Å². The van der Waals surface area contributed by atoms with Crippen LogP contribution in [0.5, 0.6) is 11.5 Å². The molecule has 0 aromatic heterocycles. The molecule has 0 aliphatic carbocycles. The Kier molecular flexibility index (Phi) is 9.83. The van der Waals surface area contributed by atoms with Crippen LogP contribution in [0.2, 0.25) is 0 Å². The summed E-state index contributed by atoms with van der Waals surface area (Å²) < 4.78 is 14.8. The SMILES string of the molecule is Cc1ccccc1P(c1ccccc1C)c1cccc2c1OC1CCCC(C2)Oc2c(cccc2P(c2ccccc2C)c2ccccc2C)C1. The van der Waals surface area contributed by atoms with E-state index in [0.29, 0.717) is 0 Å². The molecule has 2 unspecified atom stereocenters. The molecule has 0 fully saturated rings. The molecule has 6 aromatic rings. The Morgan fingerprint density at radius 2 is 0.706 bits per heavy atom. The molecule has 0 radical (unpaired) electrons. The highest BCUT2D eigenvalue weighted by Gasteiger charge is 2.33. The topological polar surface area (TPSA) is 18.5 Å². The van der Waals surface area contributed by atoms with Crippen LogP contribution in [-0.4, -0.2) is 12.2 Å². The van der Waals surface area contributed by atoms with Crippen molar-refractivity contribution in [3.63, 3.8) is 0 Å². The highest BCUT2D eigenvalue weighted by Crippen LogP contribution is 2.44. The van der Waals surface area contributed by atoms with Crippen molar-refractivity contribution in [2.24, 2.45) is 0 Å². The average molecular weight is 705 g/mol. The largest absolute Gasteiger partial charge is 0.489 e. The number of aryl methyl sites for hydroxylation is 4. The van der Waals surface area contributed by atoms with Crippen molar-refractivity contribution >= 4 is 47.7 Å². The van der Waals surface area contributed by atoms with Gasteiger partial charge in [-0.1, -0.05) is 133 Å². The summed E-state index contributed by atoms with van der Waals surface area (Å²) in [6.45, 7) is 9.01. The molecular weight excluding hydrogens is 658 g/mol. The smallest absolute Gasteiger partial charge is 0.131 e. The third-order valence-electron chi connectivity index (χ3n) is 10.6. The predicted molar refractivity (Wildman–Crippen MR) is 219 cm³/mol. The van der Waals surface area contributed by atoms with Gasteiger partial charge in [-0.2, -0.15) is 0 Å². The summed E-state index contributed by atoms with van der Waals surface area (Å²) in [6.07, 6.45) is 4.84. The Bertz CT molecular complexity index is 1940. The fourth-order valence-electron chi connectivity index (χ4n) is 7.93. The number of fused-ring (bicyclic) bond motifs is 6. The van der Waals surface area contributed by atoms with E-state index in [4.69, 9.17) is 9.47 Å². The van der Waals surface area contributed by atoms with Crippen molar-refractivity contribution in [1.29, 1.82) is 0 Å². The van der Waals surface area contributed by atoms with Crippen LogP contribution in [0.4, 0.5) is 0 Å². The molecule has 8 rings (SSSR count). The quantitative estimate of drug-likeness (QED) is 0.161. The summed E-state index contributed by atoms with van der Waals surface area (Å²) >= 11 is 0. The minimum atomic E-state index is -0.844. The van der Waals surface area contributed by atoms with Crippen LogP contribution in [0.1, 0.15) is 52.6 Å². The lowest BCUT2D eigenvalue weighted by atomic mass is 10.0. The zero-order valence-corrected chi connectivity index (χ0v) is 31.9. The molecular formula is C47H46O2P2. The maximum absolute atomic E-state index is 7.41. The highest BCUT2D eigenvalue weighted by molar-refractivity contribution is 7.80. The second kappa shape index (κ2) is 14.8. The van der Waals surface area contributed by atoms with Crippen molar-refractivity contribution in [1.82, 2.24) is 0 Å². The van der Waals surface area contributed by atoms with E-state index in [9.17, 15) is 0 Å². The molecule has 4 heteroatoms. The molecule has 2 heterocycles. The summed E-state index contributed by atoms with van der Waals surface area (Å²) in [5.74, 6) is 2.16. The Morgan fingerprint density at radius 1 is 0.392 bits per heavy atom. The molecule has 51 heavy (non-hydrogen) atoms. The van der Waals surface area contributed by atoms with Crippen molar-refractivity contribution in [2.75, 3.05) is 0 Å². The van der Waals surface area contributed by atoms with E-state index in [0.717, 1.165) is 43.6 Å². The molecule has 2 aliphatic rings. The van der Waals surface area contributed by atoms with Gasteiger partial charge >= 0.3 is 0 Å². The van der Waals surface area contributed by atoms with Gasteiger partial charge in [0.2, 0.25) is 0 Å². The second-order valence-corrected chi connectivity index (χ2v) is 18.4. The number of rotatable bonds is 6.